The molecule has 1 aliphatic heterocycles. The number of rotatable bonds is 3. The van der Waals surface area contributed by atoms with Crippen LogP contribution < -0.4 is 4.90 Å². The summed E-state index contributed by atoms with van der Waals surface area (Å²) in [7, 11) is 0. The fourth-order valence-electron chi connectivity index (χ4n) is 4.13. The predicted octanol–water partition coefficient (Wildman–Crippen LogP) is 3.39. The maximum Gasteiger partial charge on any atom is 0.257 e. The molecule has 156 valence electrons. The highest BCUT2D eigenvalue weighted by Crippen LogP contribution is 2.24. The molecule has 0 bridgehead atoms. The fourth-order valence-corrected chi connectivity index (χ4v) is 4.13. The van der Waals surface area contributed by atoms with Crippen LogP contribution in [0.1, 0.15) is 21.6 Å². The molecule has 4 heterocycles. The Morgan fingerprint density at radius 1 is 0.935 bits per heavy atom. The molecule has 0 spiro atoms. The molecule has 0 radical (unpaired) electrons. The van der Waals surface area contributed by atoms with Gasteiger partial charge < -0.3 is 9.80 Å². The number of aryl methyl sites for hydroxylation is 1. The Kier molecular flexibility index (Phi) is 4.86. The first-order valence-electron chi connectivity index (χ1n) is 10.5. The fraction of sp³-hybridized carbons (Fsp3) is 0.250. The highest BCUT2D eigenvalue weighted by Gasteiger charge is 2.26. The number of piperazine rings is 1. The summed E-state index contributed by atoms with van der Waals surface area (Å²) in [4.78, 5) is 26.5. The van der Waals surface area contributed by atoms with Crippen LogP contribution in [0, 0.1) is 13.8 Å². The van der Waals surface area contributed by atoms with Crippen molar-refractivity contribution in [3.05, 3.63) is 77.7 Å². The van der Waals surface area contributed by atoms with E-state index in [2.05, 4.69) is 34.0 Å². The third-order valence-electron chi connectivity index (χ3n) is 5.91. The zero-order valence-electron chi connectivity index (χ0n) is 17.7. The maximum absolute atomic E-state index is 13.2. The second-order valence-electron chi connectivity index (χ2n) is 7.84. The van der Waals surface area contributed by atoms with E-state index in [1.807, 2.05) is 48.2 Å². The lowest BCUT2D eigenvalue weighted by Crippen LogP contribution is -2.49. The van der Waals surface area contributed by atoms with Gasteiger partial charge in [-0.2, -0.15) is 5.10 Å². The van der Waals surface area contributed by atoms with Crippen LogP contribution in [-0.4, -0.2) is 56.7 Å². The SMILES string of the molecule is Cc1cc(N2CCN(C(=O)c3cnn(-c4ccccn4)c3C)CC2)nc2ccccc12. The van der Waals surface area contributed by atoms with Crippen molar-refractivity contribution in [3.8, 4) is 5.82 Å². The minimum absolute atomic E-state index is 0.0157. The zero-order valence-corrected chi connectivity index (χ0v) is 17.7. The number of anilines is 1. The molecule has 7 nitrogen and oxygen atoms in total. The number of pyridine rings is 2. The highest BCUT2D eigenvalue weighted by atomic mass is 16.2. The summed E-state index contributed by atoms with van der Waals surface area (Å²) in [6, 6.07) is 16.0. The minimum Gasteiger partial charge on any atom is -0.353 e. The summed E-state index contributed by atoms with van der Waals surface area (Å²) >= 11 is 0. The van der Waals surface area contributed by atoms with Gasteiger partial charge in [-0.15, -0.1) is 0 Å². The van der Waals surface area contributed by atoms with Gasteiger partial charge in [0, 0.05) is 37.8 Å². The molecule has 0 saturated carbocycles. The smallest absolute Gasteiger partial charge is 0.257 e. The summed E-state index contributed by atoms with van der Waals surface area (Å²) in [5.74, 6) is 1.70. The Morgan fingerprint density at radius 3 is 2.48 bits per heavy atom. The van der Waals surface area contributed by atoms with Gasteiger partial charge in [-0.1, -0.05) is 24.3 Å². The van der Waals surface area contributed by atoms with Crippen molar-refractivity contribution < 1.29 is 4.79 Å². The third kappa shape index (κ3) is 3.52. The van der Waals surface area contributed by atoms with Crippen LogP contribution >= 0.6 is 0 Å². The number of amides is 1. The van der Waals surface area contributed by atoms with E-state index in [0.717, 1.165) is 30.1 Å². The second kappa shape index (κ2) is 7.83. The molecule has 1 aromatic carbocycles. The van der Waals surface area contributed by atoms with Gasteiger partial charge in [-0.3, -0.25) is 4.79 Å². The molecule has 4 aromatic rings. The molecule has 3 aromatic heterocycles. The van der Waals surface area contributed by atoms with E-state index < -0.39 is 0 Å². The standard InChI is InChI=1S/C24H24N6O/c1-17-15-23(27-21-8-4-3-7-19(17)21)28-11-13-29(14-12-28)24(31)20-16-26-30(18(20)2)22-9-5-6-10-25-22/h3-10,15-16H,11-14H2,1-2H3. The van der Waals surface area contributed by atoms with Crippen molar-refractivity contribution in [1.29, 1.82) is 0 Å². The molecule has 5 rings (SSSR count). The molecule has 0 unspecified atom stereocenters. The maximum atomic E-state index is 13.2. The predicted molar refractivity (Wildman–Crippen MR) is 121 cm³/mol. The molecule has 1 amide bonds. The number of benzene rings is 1. The number of para-hydroxylation sites is 1. The Balaban J connectivity index is 1.31. The van der Waals surface area contributed by atoms with Crippen molar-refractivity contribution in [1.82, 2.24) is 24.6 Å². The van der Waals surface area contributed by atoms with Gasteiger partial charge in [0.1, 0.15) is 5.82 Å². The van der Waals surface area contributed by atoms with Crippen LogP contribution in [-0.2, 0) is 0 Å². The third-order valence-corrected chi connectivity index (χ3v) is 5.91. The van der Waals surface area contributed by atoms with Crippen molar-refractivity contribution in [2.24, 2.45) is 0 Å². The van der Waals surface area contributed by atoms with Gasteiger partial charge in [0.25, 0.3) is 5.91 Å². The van der Waals surface area contributed by atoms with Crippen LogP contribution in [0.2, 0.25) is 0 Å². The molecular weight excluding hydrogens is 388 g/mol. The van der Waals surface area contributed by atoms with Crippen molar-refractivity contribution in [2.75, 3.05) is 31.1 Å². The topological polar surface area (TPSA) is 67.2 Å². The number of nitrogens with zero attached hydrogens (tertiary/aromatic N) is 6. The van der Waals surface area contributed by atoms with E-state index >= 15 is 0 Å². The highest BCUT2D eigenvalue weighted by molar-refractivity contribution is 5.95. The monoisotopic (exact) mass is 412 g/mol. The summed E-state index contributed by atoms with van der Waals surface area (Å²) < 4.78 is 1.71. The number of aromatic nitrogens is 4. The summed E-state index contributed by atoms with van der Waals surface area (Å²) in [6.07, 6.45) is 3.37. The summed E-state index contributed by atoms with van der Waals surface area (Å²) in [6.45, 7) is 6.84. The first-order valence-corrected chi connectivity index (χ1v) is 10.5. The summed E-state index contributed by atoms with van der Waals surface area (Å²) in [5.41, 5.74) is 3.65. The Bertz CT molecular complexity index is 1240. The van der Waals surface area contributed by atoms with Crippen molar-refractivity contribution in [2.45, 2.75) is 13.8 Å². The normalized spacial score (nSPS) is 14.3. The van der Waals surface area contributed by atoms with Gasteiger partial charge >= 0.3 is 0 Å². The molecular formula is C24H24N6O. The Hall–Kier alpha value is -3.74. The molecule has 1 fully saturated rings. The molecule has 0 aliphatic carbocycles. The van der Waals surface area contributed by atoms with Gasteiger partial charge in [0.15, 0.2) is 5.82 Å². The molecule has 0 N–H and O–H groups in total. The van der Waals surface area contributed by atoms with Gasteiger partial charge in [0.05, 0.1) is 23.0 Å². The number of hydrogen-bond donors (Lipinski definition) is 0. The largest absolute Gasteiger partial charge is 0.353 e. The second-order valence-corrected chi connectivity index (χ2v) is 7.84. The lowest BCUT2D eigenvalue weighted by atomic mass is 10.1. The van der Waals surface area contributed by atoms with Gasteiger partial charge in [-0.25, -0.2) is 14.6 Å². The molecule has 7 heteroatoms. The lowest BCUT2D eigenvalue weighted by molar-refractivity contribution is 0.0745. The van der Waals surface area contributed by atoms with Crippen LogP contribution in [0.5, 0.6) is 0 Å². The first-order chi connectivity index (χ1) is 15.1. The average Bonchev–Trinajstić information content (AvgIpc) is 3.20. The Labute approximate surface area is 181 Å². The van der Waals surface area contributed by atoms with Crippen LogP contribution in [0.4, 0.5) is 5.82 Å². The zero-order chi connectivity index (χ0) is 21.4. The number of carbonyl (C=O) groups excluding carboxylic acids is 1. The van der Waals surface area contributed by atoms with Crippen LogP contribution in [0.25, 0.3) is 16.7 Å². The van der Waals surface area contributed by atoms with E-state index in [0.29, 0.717) is 24.5 Å². The van der Waals surface area contributed by atoms with Gasteiger partial charge in [0.2, 0.25) is 0 Å². The van der Waals surface area contributed by atoms with E-state index in [4.69, 9.17) is 4.98 Å². The summed E-state index contributed by atoms with van der Waals surface area (Å²) in [5, 5.41) is 5.57. The number of fused-ring (bicyclic) bond motifs is 1. The quantitative estimate of drug-likeness (QED) is 0.516. The molecule has 1 saturated heterocycles. The minimum atomic E-state index is 0.0157. The molecule has 0 atom stereocenters. The number of carbonyl (C=O) groups is 1. The van der Waals surface area contributed by atoms with Crippen molar-refractivity contribution in [3.63, 3.8) is 0 Å². The molecule has 31 heavy (non-hydrogen) atoms. The molecule has 1 aliphatic rings. The first kappa shape index (κ1) is 19.2. The van der Waals surface area contributed by atoms with Crippen LogP contribution in [0.3, 0.4) is 0 Å². The van der Waals surface area contributed by atoms with E-state index in [1.54, 1.807) is 17.1 Å². The van der Waals surface area contributed by atoms with Crippen molar-refractivity contribution >= 4 is 22.6 Å². The Morgan fingerprint density at radius 2 is 1.71 bits per heavy atom. The van der Waals surface area contributed by atoms with Crippen LogP contribution in [0.15, 0.2) is 60.9 Å². The average molecular weight is 412 g/mol. The van der Waals surface area contributed by atoms with E-state index in [1.165, 1.54) is 10.9 Å². The number of hydrogen-bond acceptors (Lipinski definition) is 5. The van der Waals surface area contributed by atoms with E-state index in [9.17, 15) is 4.79 Å². The lowest BCUT2D eigenvalue weighted by Gasteiger charge is -2.35. The van der Waals surface area contributed by atoms with Gasteiger partial charge in [-0.05, 0) is 43.7 Å². The van der Waals surface area contributed by atoms with E-state index in [-0.39, 0.29) is 5.91 Å².